The standard InChI is InChI=1S/C15H25N5/c1-10-9-11(2)18-15(13(10)14(16)17)20-7-5-12(6-8-20)19(3)4/h9,12H,5-8H2,1-4H3,(H3,16,17). The Bertz CT molecular complexity index is 501. The van der Waals surface area contributed by atoms with Crippen LogP contribution in [-0.2, 0) is 0 Å². The van der Waals surface area contributed by atoms with E-state index in [1.165, 1.54) is 0 Å². The maximum Gasteiger partial charge on any atom is 0.140 e. The van der Waals surface area contributed by atoms with Crippen LogP contribution in [0.2, 0.25) is 0 Å². The van der Waals surface area contributed by atoms with E-state index in [2.05, 4.69) is 28.9 Å². The van der Waals surface area contributed by atoms with Gasteiger partial charge in [0, 0.05) is 24.8 Å². The number of aryl methyl sites for hydroxylation is 2. The fourth-order valence-electron chi connectivity index (χ4n) is 2.97. The van der Waals surface area contributed by atoms with Crippen LogP contribution in [0.4, 0.5) is 5.82 Å². The summed E-state index contributed by atoms with van der Waals surface area (Å²) in [6.45, 7) is 5.94. The van der Waals surface area contributed by atoms with Crippen molar-refractivity contribution < 1.29 is 0 Å². The van der Waals surface area contributed by atoms with Gasteiger partial charge in [-0.3, -0.25) is 5.41 Å². The molecule has 0 saturated carbocycles. The van der Waals surface area contributed by atoms with E-state index in [0.717, 1.165) is 48.6 Å². The van der Waals surface area contributed by atoms with Crippen LogP contribution in [-0.4, -0.2) is 48.9 Å². The Morgan fingerprint density at radius 2 is 1.95 bits per heavy atom. The van der Waals surface area contributed by atoms with Crippen LogP contribution in [0.3, 0.4) is 0 Å². The first-order valence-corrected chi connectivity index (χ1v) is 7.14. The molecule has 5 nitrogen and oxygen atoms in total. The number of nitrogens with two attached hydrogens (primary N) is 1. The van der Waals surface area contributed by atoms with Crippen LogP contribution in [0.5, 0.6) is 0 Å². The molecule has 0 amide bonds. The molecule has 0 radical (unpaired) electrons. The second-order valence-corrected chi connectivity index (χ2v) is 5.87. The normalized spacial score (nSPS) is 16.8. The van der Waals surface area contributed by atoms with Crippen molar-refractivity contribution >= 4 is 11.7 Å². The smallest absolute Gasteiger partial charge is 0.140 e. The largest absolute Gasteiger partial charge is 0.384 e. The van der Waals surface area contributed by atoms with Gasteiger partial charge in [-0.1, -0.05) is 0 Å². The summed E-state index contributed by atoms with van der Waals surface area (Å²) >= 11 is 0. The molecule has 110 valence electrons. The SMILES string of the molecule is Cc1cc(C)c(C(=N)N)c(N2CCC(N(C)C)CC2)n1. The Labute approximate surface area is 121 Å². The van der Waals surface area contributed by atoms with Gasteiger partial charge < -0.3 is 15.5 Å². The average Bonchev–Trinajstić information content (AvgIpc) is 2.37. The van der Waals surface area contributed by atoms with Gasteiger partial charge in [0.15, 0.2) is 0 Å². The highest BCUT2D eigenvalue weighted by Crippen LogP contribution is 2.26. The second kappa shape index (κ2) is 5.79. The van der Waals surface area contributed by atoms with E-state index in [9.17, 15) is 0 Å². The first kappa shape index (κ1) is 14.8. The molecule has 0 atom stereocenters. The molecule has 0 aliphatic carbocycles. The predicted molar refractivity (Wildman–Crippen MR) is 83.6 cm³/mol. The molecule has 2 heterocycles. The third kappa shape index (κ3) is 2.93. The van der Waals surface area contributed by atoms with Crippen LogP contribution >= 0.6 is 0 Å². The molecule has 0 unspecified atom stereocenters. The molecule has 3 N–H and O–H groups in total. The van der Waals surface area contributed by atoms with Crippen molar-refractivity contribution in [2.24, 2.45) is 5.73 Å². The lowest BCUT2D eigenvalue weighted by Gasteiger charge is -2.36. The van der Waals surface area contributed by atoms with Gasteiger partial charge in [-0.15, -0.1) is 0 Å². The van der Waals surface area contributed by atoms with Gasteiger partial charge >= 0.3 is 0 Å². The summed E-state index contributed by atoms with van der Waals surface area (Å²) in [5.74, 6) is 0.993. The highest BCUT2D eigenvalue weighted by Gasteiger charge is 2.24. The summed E-state index contributed by atoms with van der Waals surface area (Å²) in [7, 11) is 4.27. The number of nitrogens with zero attached hydrogens (tertiary/aromatic N) is 3. The maximum absolute atomic E-state index is 7.82. The Morgan fingerprint density at radius 3 is 2.45 bits per heavy atom. The van der Waals surface area contributed by atoms with Crippen molar-refractivity contribution in [1.82, 2.24) is 9.88 Å². The Hall–Kier alpha value is -1.62. The van der Waals surface area contributed by atoms with Crippen molar-refractivity contribution in [3.63, 3.8) is 0 Å². The van der Waals surface area contributed by atoms with E-state index in [1.807, 2.05) is 19.9 Å². The molecule has 1 aliphatic rings. The predicted octanol–water partition coefficient (Wildman–Crippen LogP) is 1.51. The maximum atomic E-state index is 7.82. The van der Waals surface area contributed by atoms with Crippen LogP contribution in [0.15, 0.2) is 6.07 Å². The van der Waals surface area contributed by atoms with E-state index in [0.29, 0.717) is 6.04 Å². The number of hydrogen-bond donors (Lipinski definition) is 2. The molecule has 1 saturated heterocycles. The van der Waals surface area contributed by atoms with Crippen molar-refractivity contribution in [2.75, 3.05) is 32.1 Å². The zero-order chi connectivity index (χ0) is 14.9. The third-order valence-electron chi connectivity index (χ3n) is 4.09. The lowest BCUT2D eigenvalue weighted by molar-refractivity contribution is 0.249. The minimum atomic E-state index is 0.111. The highest BCUT2D eigenvalue weighted by atomic mass is 15.2. The lowest BCUT2D eigenvalue weighted by Crippen LogP contribution is -2.43. The van der Waals surface area contributed by atoms with Crippen LogP contribution < -0.4 is 10.6 Å². The van der Waals surface area contributed by atoms with Crippen molar-refractivity contribution in [1.29, 1.82) is 5.41 Å². The van der Waals surface area contributed by atoms with Gasteiger partial charge in [-0.2, -0.15) is 0 Å². The summed E-state index contributed by atoms with van der Waals surface area (Å²) in [5, 5.41) is 7.82. The molecule has 0 aromatic carbocycles. The molecular formula is C15H25N5. The van der Waals surface area contributed by atoms with E-state index in [-0.39, 0.29) is 5.84 Å². The van der Waals surface area contributed by atoms with Crippen LogP contribution in [0.25, 0.3) is 0 Å². The number of hydrogen-bond acceptors (Lipinski definition) is 4. The Morgan fingerprint density at radius 1 is 1.35 bits per heavy atom. The minimum Gasteiger partial charge on any atom is -0.384 e. The summed E-state index contributed by atoms with van der Waals surface area (Å²) in [4.78, 5) is 9.20. The Balaban J connectivity index is 2.27. The van der Waals surface area contributed by atoms with E-state index < -0.39 is 0 Å². The fraction of sp³-hybridized carbons (Fsp3) is 0.600. The molecule has 20 heavy (non-hydrogen) atoms. The summed E-state index contributed by atoms with van der Waals surface area (Å²) in [6.07, 6.45) is 2.25. The fourth-order valence-corrected chi connectivity index (χ4v) is 2.97. The van der Waals surface area contributed by atoms with Crippen molar-refractivity contribution in [3.05, 3.63) is 22.9 Å². The number of amidine groups is 1. The molecule has 0 bridgehead atoms. The topological polar surface area (TPSA) is 69.2 Å². The van der Waals surface area contributed by atoms with Gasteiger partial charge in [0.05, 0.1) is 5.56 Å². The zero-order valence-electron chi connectivity index (χ0n) is 12.9. The molecule has 1 aromatic heterocycles. The summed E-state index contributed by atoms with van der Waals surface area (Å²) in [5.41, 5.74) is 8.57. The first-order valence-electron chi connectivity index (χ1n) is 7.14. The van der Waals surface area contributed by atoms with E-state index >= 15 is 0 Å². The third-order valence-corrected chi connectivity index (χ3v) is 4.09. The van der Waals surface area contributed by atoms with E-state index in [4.69, 9.17) is 11.1 Å². The minimum absolute atomic E-state index is 0.111. The summed E-state index contributed by atoms with van der Waals surface area (Å²) in [6, 6.07) is 2.63. The van der Waals surface area contributed by atoms with Gasteiger partial charge in [0.1, 0.15) is 11.7 Å². The Kier molecular flexibility index (Phi) is 4.28. The molecule has 1 aromatic rings. The molecular weight excluding hydrogens is 250 g/mol. The number of nitrogen functional groups attached to an aromatic ring is 1. The van der Waals surface area contributed by atoms with Gasteiger partial charge in [-0.05, 0) is 52.4 Å². The van der Waals surface area contributed by atoms with E-state index in [1.54, 1.807) is 0 Å². The van der Waals surface area contributed by atoms with Crippen LogP contribution in [0.1, 0.15) is 29.7 Å². The van der Waals surface area contributed by atoms with Gasteiger partial charge in [-0.25, -0.2) is 4.98 Å². The number of nitrogens with one attached hydrogen (secondary N) is 1. The number of rotatable bonds is 3. The van der Waals surface area contributed by atoms with Gasteiger partial charge in [0.25, 0.3) is 0 Å². The van der Waals surface area contributed by atoms with Gasteiger partial charge in [0.2, 0.25) is 0 Å². The molecule has 0 spiro atoms. The van der Waals surface area contributed by atoms with Crippen LogP contribution in [0, 0.1) is 19.3 Å². The van der Waals surface area contributed by atoms with Crippen molar-refractivity contribution in [2.45, 2.75) is 32.7 Å². The molecule has 2 rings (SSSR count). The molecule has 1 aliphatic heterocycles. The number of aromatic nitrogens is 1. The zero-order valence-corrected chi connectivity index (χ0v) is 12.9. The van der Waals surface area contributed by atoms with Crippen molar-refractivity contribution in [3.8, 4) is 0 Å². The quantitative estimate of drug-likeness (QED) is 0.648. The number of pyridine rings is 1. The molecule has 5 heteroatoms. The molecule has 1 fully saturated rings. The summed E-state index contributed by atoms with van der Waals surface area (Å²) < 4.78 is 0. The number of piperidine rings is 1. The average molecular weight is 275 g/mol. The lowest BCUT2D eigenvalue weighted by atomic mass is 10.0. The monoisotopic (exact) mass is 275 g/mol. The second-order valence-electron chi connectivity index (χ2n) is 5.87. The number of anilines is 1. The highest BCUT2D eigenvalue weighted by molar-refractivity contribution is 6.01. The first-order chi connectivity index (χ1) is 9.40.